The quantitative estimate of drug-likeness (QED) is 0.762. The molecule has 2 aliphatic heterocycles. The fourth-order valence-corrected chi connectivity index (χ4v) is 3.92. The third-order valence-corrected chi connectivity index (χ3v) is 5.53. The van der Waals surface area contributed by atoms with Crippen molar-refractivity contribution in [2.75, 3.05) is 56.7 Å². The summed E-state index contributed by atoms with van der Waals surface area (Å²) in [6.07, 6.45) is -0.435. The molecule has 164 valence electrons. The third kappa shape index (κ3) is 5.10. The molecule has 0 saturated carbocycles. The largest absolute Gasteiger partial charge is 0.497 e. The lowest BCUT2D eigenvalue weighted by molar-refractivity contribution is -0.117. The summed E-state index contributed by atoms with van der Waals surface area (Å²) in [4.78, 5) is 28.7. The third-order valence-electron chi connectivity index (χ3n) is 5.28. The predicted octanol–water partition coefficient (Wildman–Crippen LogP) is 3.01. The van der Waals surface area contributed by atoms with Crippen LogP contribution in [0.5, 0.6) is 5.75 Å². The molecule has 0 unspecified atom stereocenters. The van der Waals surface area contributed by atoms with Gasteiger partial charge in [0, 0.05) is 29.5 Å². The van der Waals surface area contributed by atoms with Gasteiger partial charge in [-0.15, -0.1) is 0 Å². The molecule has 31 heavy (non-hydrogen) atoms. The van der Waals surface area contributed by atoms with E-state index in [2.05, 4.69) is 5.32 Å². The highest BCUT2D eigenvalue weighted by Gasteiger charge is 2.48. The van der Waals surface area contributed by atoms with Gasteiger partial charge in [-0.1, -0.05) is 11.6 Å². The summed E-state index contributed by atoms with van der Waals surface area (Å²) in [6, 6.07) is 14.2. The maximum atomic E-state index is 12.6. The predicted molar refractivity (Wildman–Crippen MR) is 117 cm³/mol. The Morgan fingerprint density at radius 1 is 1.16 bits per heavy atom. The SMILES string of the molecule is COc1ccc(NC(=O)CN2CCOC[C@]3(C2)CN(c2ccc(Cl)cc2)C(=O)O3)cc1. The smallest absolute Gasteiger partial charge is 0.415 e. The normalized spacial score (nSPS) is 21.6. The van der Waals surface area contributed by atoms with E-state index < -0.39 is 11.7 Å². The summed E-state index contributed by atoms with van der Waals surface area (Å²) >= 11 is 5.95. The molecule has 0 aromatic heterocycles. The van der Waals surface area contributed by atoms with Gasteiger partial charge >= 0.3 is 6.09 Å². The van der Waals surface area contributed by atoms with Crippen LogP contribution in [0.25, 0.3) is 0 Å². The molecule has 1 spiro atoms. The molecule has 4 rings (SSSR count). The molecule has 1 atom stereocenters. The van der Waals surface area contributed by atoms with Gasteiger partial charge in [0.2, 0.25) is 5.91 Å². The van der Waals surface area contributed by atoms with E-state index in [-0.39, 0.29) is 19.1 Å². The van der Waals surface area contributed by atoms with Crippen molar-refractivity contribution in [1.82, 2.24) is 4.90 Å². The highest BCUT2D eigenvalue weighted by Crippen LogP contribution is 2.31. The number of carbonyl (C=O) groups is 2. The summed E-state index contributed by atoms with van der Waals surface area (Å²) in [5.41, 5.74) is 0.556. The number of anilines is 2. The number of nitrogens with one attached hydrogen (secondary N) is 1. The second-order valence-corrected chi connectivity index (χ2v) is 8.09. The van der Waals surface area contributed by atoms with E-state index in [1.807, 2.05) is 4.90 Å². The van der Waals surface area contributed by atoms with Crippen molar-refractivity contribution in [3.63, 3.8) is 0 Å². The van der Waals surface area contributed by atoms with Gasteiger partial charge in [0.1, 0.15) is 5.75 Å². The van der Waals surface area contributed by atoms with Crippen molar-refractivity contribution in [2.24, 2.45) is 0 Å². The van der Waals surface area contributed by atoms with Gasteiger partial charge in [-0.25, -0.2) is 4.79 Å². The fourth-order valence-electron chi connectivity index (χ4n) is 3.80. The van der Waals surface area contributed by atoms with Gasteiger partial charge in [-0.3, -0.25) is 14.6 Å². The maximum Gasteiger partial charge on any atom is 0.415 e. The zero-order valence-corrected chi connectivity index (χ0v) is 17.9. The molecule has 0 aliphatic carbocycles. The Balaban J connectivity index is 1.40. The van der Waals surface area contributed by atoms with Crippen LogP contribution in [0.15, 0.2) is 48.5 Å². The van der Waals surface area contributed by atoms with Crippen molar-refractivity contribution in [1.29, 1.82) is 0 Å². The number of rotatable bonds is 5. The number of carbonyl (C=O) groups excluding carboxylic acids is 2. The van der Waals surface area contributed by atoms with Gasteiger partial charge in [0.05, 0.1) is 33.4 Å². The highest BCUT2D eigenvalue weighted by molar-refractivity contribution is 6.30. The van der Waals surface area contributed by atoms with Crippen molar-refractivity contribution >= 4 is 35.0 Å². The molecular formula is C22H24ClN3O5. The molecule has 2 aliphatic rings. The second-order valence-electron chi connectivity index (χ2n) is 7.65. The van der Waals surface area contributed by atoms with Gasteiger partial charge < -0.3 is 19.5 Å². The zero-order valence-electron chi connectivity index (χ0n) is 17.2. The monoisotopic (exact) mass is 445 g/mol. The van der Waals surface area contributed by atoms with E-state index in [4.69, 9.17) is 25.8 Å². The highest BCUT2D eigenvalue weighted by atomic mass is 35.5. The van der Waals surface area contributed by atoms with Crippen LogP contribution in [0.1, 0.15) is 0 Å². The molecular weight excluding hydrogens is 422 g/mol. The number of amides is 2. The number of hydrogen-bond donors (Lipinski definition) is 1. The molecule has 1 N–H and O–H groups in total. The van der Waals surface area contributed by atoms with E-state index >= 15 is 0 Å². The Labute approximate surface area is 185 Å². The van der Waals surface area contributed by atoms with Crippen LogP contribution in [0.2, 0.25) is 5.02 Å². The van der Waals surface area contributed by atoms with Crippen LogP contribution in [0.4, 0.5) is 16.2 Å². The Morgan fingerprint density at radius 3 is 2.61 bits per heavy atom. The fraction of sp³-hybridized carbons (Fsp3) is 0.364. The van der Waals surface area contributed by atoms with E-state index in [9.17, 15) is 9.59 Å². The lowest BCUT2D eigenvalue weighted by Gasteiger charge is -2.29. The van der Waals surface area contributed by atoms with E-state index in [1.165, 1.54) is 0 Å². The second kappa shape index (κ2) is 9.13. The minimum Gasteiger partial charge on any atom is -0.497 e. The first kappa shape index (κ1) is 21.4. The number of hydrogen-bond acceptors (Lipinski definition) is 6. The molecule has 2 saturated heterocycles. The van der Waals surface area contributed by atoms with Crippen molar-refractivity contribution in [3.8, 4) is 5.75 Å². The number of nitrogens with zero attached hydrogens (tertiary/aromatic N) is 2. The Hall–Kier alpha value is -2.81. The topological polar surface area (TPSA) is 80.3 Å². The average molecular weight is 446 g/mol. The first-order valence-electron chi connectivity index (χ1n) is 9.96. The number of ether oxygens (including phenoxy) is 3. The lowest BCUT2D eigenvalue weighted by Crippen LogP contribution is -2.49. The number of methoxy groups -OCH3 is 1. The number of benzene rings is 2. The summed E-state index contributed by atoms with van der Waals surface area (Å²) < 4.78 is 16.6. The minimum atomic E-state index is -0.840. The van der Waals surface area contributed by atoms with Crippen LogP contribution in [0.3, 0.4) is 0 Å². The molecule has 9 heteroatoms. The van der Waals surface area contributed by atoms with Crippen molar-refractivity contribution in [3.05, 3.63) is 53.6 Å². The van der Waals surface area contributed by atoms with Crippen molar-refractivity contribution < 1.29 is 23.8 Å². The van der Waals surface area contributed by atoms with Crippen LogP contribution in [0, 0.1) is 0 Å². The average Bonchev–Trinajstić information content (AvgIpc) is 2.95. The minimum absolute atomic E-state index is 0.152. The summed E-state index contributed by atoms with van der Waals surface area (Å²) in [5, 5.41) is 3.48. The van der Waals surface area contributed by atoms with Crippen LogP contribution in [-0.4, -0.2) is 69.0 Å². The molecule has 2 aromatic rings. The first-order valence-corrected chi connectivity index (χ1v) is 10.3. The summed E-state index contributed by atoms with van der Waals surface area (Å²) in [6.45, 7) is 2.20. The molecule has 8 nitrogen and oxygen atoms in total. The summed E-state index contributed by atoms with van der Waals surface area (Å²) in [7, 11) is 1.59. The molecule has 0 bridgehead atoms. The van der Waals surface area contributed by atoms with E-state index in [0.717, 1.165) is 5.75 Å². The molecule has 2 fully saturated rings. The van der Waals surface area contributed by atoms with Gasteiger partial charge in [0.15, 0.2) is 5.60 Å². The molecule has 2 aromatic carbocycles. The standard InChI is InChI=1S/C22H24ClN3O5/c1-29-19-8-4-17(5-9-19)24-20(27)12-25-10-11-30-15-22(13-25)14-26(21(28)31-22)18-6-2-16(23)3-7-18/h2-9H,10-15H2,1H3,(H,24,27)/t22-/m0/s1. The van der Waals surface area contributed by atoms with Crippen LogP contribution in [-0.2, 0) is 14.3 Å². The zero-order chi connectivity index (χ0) is 21.8. The first-order chi connectivity index (χ1) is 15.0. The van der Waals surface area contributed by atoms with Gasteiger partial charge in [-0.05, 0) is 48.5 Å². The van der Waals surface area contributed by atoms with Crippen LogP contribution >= 0.6 is 11.6 Å². The molecule has 2 heterocycles. The van der Waals surface area contributed by atoms with Crippen molar-refractivity contribution in [2.45, 2.75) is 5.60 Å². The van der Waals surface area contributed by atoms with Crippen LogP contribution < -0.4 is 15.0 Å². The van der Waals surface area contributed by atoms with E-state index in [1.54, 1.807) is 60.5 Å². The number of halogens is 1. The van der Waals surface area contributed by atoms with Gasteiger partial charge in [-0.2, -0.15) is 0 Å². The molecule has 2 amide bonds. The van der Waals surface area contributed by atoms with Gasteiger partial charge in [0.25, 0.3) is 0 Å². The Bertz CT molecular complexity index is 937. The Kier molecular flexibility index (Phi) is 6.31. The maximum absolute atomic E-state index is 12.6. The summed E-state index contributed by atoms with van der Waals surface area (Å²) in [5.74, 6) is 0.569. The van der Waals surface area contributed by atoms with E-state index in [0.29, 0.717) is 42.6 Å². The molecule has 0 radical (unpaired) electrons. The lowest BCUT2D eigenvalue weighted by atomic mass is 10.0. The Morgan fingerprint density at radius 2 is 1.90 bits per heavy atom.